The second-order valence-electron chi connectivity index (χ2n) is 7.92. The summed E-state index contributed by atoms with van der Waals surface area (Å²) >= 11 is 6.05. The van der Waals surface area contributed by atoms with Gasteiger partial charge in [-0.3, -0.25) is 4.90 Å². The van der Waals surface area contributed by atoms with Gasteiger partial charge < -0.3 is 20.1 Å². The van der Waals surface area contributed by atoms with Gasteiger partial charge in [0.25, 0.3) is 0 Å². The van der Waals surface area contributed by atoms with E-state index in [-0.39, 0.29) is 12.2 Å². The highest BCUT2D eigenvalue weighted by Gasteiger charge is 2.40. The molecule has 1 aromatic carbocycles. The molecule has 0 saturated carbocycles. The monoisotopic (exact) mass is 420 g/mol. The minimum Gasteiger partial charge on any atom is -0.378 e. The lowest BCUT2D eigenvalue weighted by Gasteiger charge is -2.48. The predicted octanol–water partition coefficient (Wildman–Crippen LogP) is 1.97. The van der Waals surface area contributed by atoms with Gasteiger partial charge in [-0.15, -0.1) is 5.10 Å². The number of ether oxygens (including phenoxy) is 2. The summed E-state index contributed by atoms with van der Waals surface area (Å²) in [6, 6.07) is 8.72. The standard InChI is InChI=1S/C20H29ClN6O2/c1-13-10-27(16(12-29-13)9-14-3-5-15(21)6-4-14)17-7-8-26(11-18(17)28-2)20-23-19(22)24-25-20/h3-6,13,16-18H,7-12H2,1-2H3,(H3,22,23,24,25)/t13-,16-,17-,18-/m0/s1. The number of nitrogens with zero attached hydrogens (tertiary/aromatic N) is 4. The first-order valence-corrected chi connectivity index (χ1v) is 10.5. The zero-order valence-corrected chi connectivity index (χ0v) is 17.7. The van der Waals surface area contributed by atoms with Crippen LogP contribution in [0.4, 0.5) is 11.9 Å². The molecule has 0 amide bonds. The van der Waals surface area contributed by atoms with Crippen LogP contribution in [0.1, 0.15) is 18.9 Å². The smallest absolute Gasteiger partial charge is 0.246 e. The van der Waals surface area contributed by atoms with Crippen LogP contribution >= 0.6 is 11.6 Å². The SMILES string of the molecule is CO[C@H]1CN(c2n[nH]c(N)n2)CC[C@@H]1N1C[C@H](C)OC[C@@H]1Cc1ccc(Cl)cc1. The van der Waals surface area contributed by atoms with Crippen molar-refractivity contribution >= 4 is 23.5 Å². The van der Waals surface area contributed by atoms with Crippen LogP contribution < -0.4 is 10.6 Å². The highest BCUT2D eigenvalue weighted by Crippen LogP contribution is 2.28. The lowest BCUT2D eigenvalue weighted by molar-refractivity contribution is -0.101. The number of nitrogen functional groups attached to an aromatic ring is 1. The fraction of sp³-hybridized carbons (Fsp3) is 0.600. The molecule has 8 nitrogen and oxygen atoms in total. The highest BCUT2D eigenvalue weighted by atomic mass is 35.5. The van der Waals surface area contributed by atoms with Gasteiger partial charge in [-0.2, -0.15) is 4.98 Å². The summed E-state index contributed by atoms with van der Waals surface area (Å²) in [5, 5.41) is 7.68. The molecule has 29 heavy (non-hydrogen) atoms. The van der Waals surface area contributed by atoms with Gasteiger partial charge in [0.05, 0.1) is 18.8 Å². The zero-order valence-electron chi connectivity index (χ0n) is 16.9. The molecule has 3 N–H and O–H groups in total. The number of aromatic nitrogens is 3. The second kappa shape index (κ2) is 8.87. The van der Waals surface area contributed by atoms with Crippen molar-refractivity contribution in [3.63, 3.8) is 0 Å². The molecule has 4 atom stereocenters. The first-order valence-electron chi connectivity index (χ1n) is 10.1. The molecule has 2 saturated heterocycles. The second-order valence-corrected chi connectivity index (χ2v) is 8.36. The number of rotatable bonds is 5. The van der Waals surface area contributed by atoms with Gasteiger partial charge in [-0.1, -0.05) is 23.7 Å². The molecule has 2 aliphatic rings. The van der Waals surface area contributed by atoms with Crippen molar-refractivity contribution in [1.29, 1.82) is 0 Å². The number of nitrogens with one attached hydrogen (secondary N) is 1. The maximum absolute atomic E-state index is 6.05. The topological polar surface area (TPSA) is 92.5 Å². The van der Waals surface area contributed by atoms with Crippen LogP contribution in [0.3, 0.4) is 0 Å². The molecule has 2 aromatic rings. The third-order valence-electron chi connectivity index (χ3n) is 5.92. The van der Waals surface area contributed by atoms with Crippen LogP contribution in [0.2, 0.25) is 5.02 Å². The summed E-state index contributed by atoms with van der Waals surface area (Å²) in [7, 11) is 1.78. The van der Waals surface area contributed by atoms with Crippen molar-refractivity contribution in [1.82, 2.24) is 20.1 Å². The quantitative estimate of drug-likeness (QED) is 0.763. The third kappa shape index (κ3) is 4.66. The maximum atomic E-state index is 6.05. The normalized spacial score (nSPS) is 28.6. The zero-order chi connectivity index (χ0) is 20.4. The lowest BCUT2D eigenvalue weighted by Crippen LogP contribution is -2.62. The summed E-state index contributed by atoms with van der Waals surface area (Å²) in [5.41, 5.74) is 6.96. The van der Waals surface area contributed by atoms with Gasteiger partial charge in [-0.05, 0) is 37.5 Å². The van der Waals surface area contributed by atoms with Crippen LogP contribution in [-0.4, -0.2) is 77.7 Å². The first-order chi connectivity index (χ1) is 14.0. The van der Waals surface area contributed by atoms with E-state index in [2.05, 4.69) is 44.0 Å². The Balaban J connectivity index is 1.49. The van der Waals surface area contributed by atoms with E-state index in [1.165, 1.54) is 5.56 Å². The third-order valence-corrected chi connectivity index (χ3v) is 6.17. The maximum Gasteiger partial charge on any atom is 0.246 e. The Bertz CT molecular complexity index is 801. The van der Waals surface area contributed by atoms with Crippen molar-refractivity contribution in [2.75, 3.05) is 44.0 Å². The lowest BCUT2D eigenvalue weighted by atomic mass is 9.94. The van der Waals surface area contributed by atoms with Gasteiger partial charge in [0.15, 0.2) is 0 Å². The van der Waals surface area contributed by atoms with E-state index >= 15 is 0 Å². The summed E-state index contributed by atoms with van der Waals surface area (Å²) in [5.74, 6) is 0.970. The van der Waals surface area contributed by atoms with Gasteiger partial charge >= 0.3 is 0 Å². The molecular formula is C20H29ClN6O2. The van der Waals surface area contributed by atoms with Crippen molar-refractivity contribution in [3.05, 3.63) is 34.9 Å². The summed E-state index contributed by atoms with van der Waals surface area (Å²) in [4.78, 5) is 8.99. The van der Waals surface area contributed by atoms with E-state index in [1.807, 2.05) is 12.1 Å². The number of anilines is 2. The molecule has 0 bridgehead atoms. The van der Waals surface area contributed by atoms with Crippen molar-refractivity contribution in [2.24, 2.45) is 0 Å². The molecule has 0 unspecified atom stereocenters. The molecule has 1 aromatic heterocycles. The van der Waals surface area contributed by atoms with Crippen LogP contribution in [0.25, 0.3) is 0 Å². The number of aromatic amines is 1. The van der Waals surface area contributed by atoms with Crippen LogP contribution in [0.5, 0.6) is 0 Å². The Labute approximate surface area is 176 Å². The molecule has 4 rings (SSSR count). The largest absolute Gasteiger partial charge is 0.378 e. The number of hydrogen-bond donors (Lipinski definition) is 2. The fourth-order valence-corrected chi connectivity index (χ4v) is 4.57. The molecule has 9 heteroatoms. The average Bonchev–Trinajstić information content (AvgIpc) is 3.17. The Morgan fingerprint density at radius 1 is 1.31 bits per heavy atom. The number of methoxy groups -OCH3 is 1. The Hall–Kier alpha value is -1.87. The molecule has 2 aliphatic heterocycles. The number of piperidine rings is 1. The van der Waals surface area contributed by atoms with Crippen LogP contribution in [0.15, 0.2) is 24.3 Å². The number of hydrogen-bond acceptors (Lipinski definition) is 7. The van der Waals surface area contributed by atoms with Gasteiger partial charge in [-0.25, -0.2) is 5.10 Å². The van der Waals surface area contributed by atoms with Crippen molar-refractivity contribution in [3.8, 4) is 0 Å². The molecule has 0 radical (unpaired) electrons. The first kappa shape index (κ1) is 20.4. The van der Waals surface area contributed by atoms with Crippen LogP contribution in [0, 0.1) is 0 Å². The van der Waals surface area contributed by atoms with E-state index in [1.54, 1.807) is 7.11 Å². The van der Waals surface area contributed by atoms with Crippen molar-refractivity contribution in [2.45, 2.75) is 44.1 Å². The van der Waals surface area contributed by atoms with Gasteiger partial charge in [0.1, 0.15) is 0 Å². The molecule has 158 valence electrons. The van der Waals surface area contributed by atoms with Gasteiger partial charge in [0, 0.05) is 43.9 Å². The molecular weight excluding hydrogens is 392 g/mol. The molecule has 0 aliphatic carbocycles. The average molecular weight is 421 g/mol. The number of nitrogens with two attached hydrogens (primary N) is 1. The summed E-state index contributed by atoms with van der Waals surface area (Å²) < 4.78 is 11.9. The van der Waals surface area contributed by atoms with E-state index in [0.29, 0.717) is 24.0 Å². The minimum atomic E-state index is 0.0569. The summed E-state index contributed by atoms with van der Waals surface area (Å²) in [6.45, 7) is 5.35. The number of benzene rings is 1. The summed E-state index contributed by atoms with van der Waals surface area (Å²) in [6.07, 6.45) is 2.16. The van der Waals surface area contributed by atoms with E-state index in [4.69, 9.17) is 26.8 Å². The highest BCUT2D eigenvalue weighted by molar-refractivity contribution is 6.30. The van der Waals surface area contributed by atoms with E-state index in [9.17, 15) is 0 Å². The van der Waals surface area contributed by atoms with Gasteiger partial charge in [0.2, 0.25) is 11.9 Å². The number of H-pyrrole nitrogens is 1. The number of halogens is 1. The fourth-order valence-electron chi connectivity index (χ4n) is 4.45. The minimum absolute atomic E-state index is 0.0569. The van der Waals surface area contributed by atoms with E-state index < -0.39 is 0 Å². The molecule has 0 spiro atoms. The number of morpholine rings is 1. The Kier molecular flexibility index (Phi) is 6.24. The van der Waals surface area contributed by atoms with E-state index in [0.717, 1.165) is 44.1 Å². The predicted molar refractivity (Wildman–Crippen MR) is 113 cm³/mol. The van der Waals surface area contributed by atoms with Crippen LogP contribution in [-0.2, 0) is 15.9 Å². The Morgan fingerprint density at radius 3 is 2.79 bits per heavy atom. The molecule has 2 fully saturated rings. The molecule has 3 heterocycles. The Morgan fingerprint density at radius 2 is 2.10 bits per heavy atom. The van der Waals surface area contributed by atoms with Crippen molar-refractivity contribution < 1.29 is 9.47 Å².